The number of nitrogens with one attached hydrogen (secondary N) is 2. The molecule has 0 radical (unpaired) electrons. The third-order valence-corrected chi connectivity index (χ3v) is 2.56. The van der Waals surface area contributed by atoms with Crippen molar-refractivity contribution in [3.05, 3.63) is 29.6 Å². The van der Waals surface area contributed by atoms with E-state index in [4.69, 9.17) is 4.74 Å². The first kappa shape index (κ1) is 15.9. The second kappa shape index (κ2) is 6.85. The van der Waals surface area contributed by atoms with E-state index in [2.05, 4.69) is 10.6 Å². The van der Waals surface area contributed by atoms with Crippen molar-refractivity contribution in [3.63, 3.8) is 0 Å². The number of aliphatic hydroxyl groups is 1. The molecule has 110 valence electrons. The van der Waals surface area contributed by atoms with Crippen molar-refractivity contribution in [3.8, 4) is 5.75 Å². The molecule has 1 aromatic rings. The summed E-state index contributed by atoms with van der Waals surface area (Å²) in [5, 5.41) is 13.8. The van der Waals surface area contributed by atoms with Crippen LogP contribution < -0.4 is 15.4 Å². The van der Waals surface area contributed by atoms with Gasteiger partial charge in [0.25, 0.3) is 5.91 Å². The van der Waals surface area contributed by atoms with Crippen molar-refractivity contribution in [2.75, 3.05) is 7.05 Å². The molecule has 3 N–H and O–H groups in total. The Morgan fingerprint density at radius 2 is 2.00 bits per heavy atom. The zero-order chi connectivity index (χ0) is 15.3. The maximum Gasteiger partial charge on any atom is 0.321 e. The van der Waals surface area contributed by atoms with Gasteiger partial charge in [0.15, 0.2) is 6.10 Å². The van der Waals surface area contributed by atoms with E-state index in [1.54, 1.807) is 0 Å². The molecule has 20 heavy (non-hydrogen) atoms. The molecule has 0 heterocycles. The van der Waals surface area contributed by atoms with Crippen molar-refractivity contribution in [2.45, 2.75) is 26.1 Å². The molecule has 1 aromatic carbocycles. The summed E-state index contributed by atoms with van der Waals surface area (Å²) >= 11 is 0. The van der Waals surface area contributed by atoms with Crippen LogP contribution in [0.15, 0.2) is 18.2 Å². The number of imide groups is 1. The van der Waals surface area contributed by atoms with Gasteiger partial charge >= 0.3 is 6.03 Å². The van der Waals surface area contributed by atoms with Gasteiger partial charge in [0.05, 0.1) is 6.10 Å². The van der Waals surface area contributed by atoms with E-state index < -0.39 is 30.0 Å². The number of carbonyl (C=O) groups is 2. The smallest absolute Gasteiger partial charge is 0.321 e. The second-order valence-electron chi connectivity index (χ2n) is 4.19. The predicted octanol–water partition coefficient (Wildman–Crippen LogP) is 1.10. The van der Waals surface area contributed by atoms with Crippen LogP contribution in [0.2, 0.25) is 0 Å². The van der Waals surface area contributed by atoms with E-state index in [1.807, 2.05) is 0 Å². The topological polar surface area (TPSA) is 87.7 Å². The fourth-order valence-electron chi connectivity index (χ4n) is 1.47. The molecule has 0 spiro atoms. The fraction of sp³-hybridized carbons (Fsp3) is 0.385. The fourth-order valence-corrected chi connectivity index (χ4v) is 1.47. The Kier molecular flexibility index (Phi) is 5.45. The molecule has 0 bridgehead atoms. The summed E-state index contributed by atoms with van der Waals surface area (Å²) in [7, 11) is 1.37. The predicted molar refractivity (Wildman–Crippen MR) is 69.7 cm³/mol. The van der Waals surface area contributed by atoms with Crippen molar-refractivity contribution in [1.29, 1.82) is 0 Å². The largest absolute Gasteiger partial charge is 0.480 e. The van der Waals surface area contributed by atoms with Crippen LogP contribution in [-0.2, 0) is 4.79 Å². The quantitative estimate of drug-likeness (QED) is 0.772. The lowest BCUT2D eigenvalue weighted by molar-refractivity contribution is -0.126. The van der Waals surface area contributed by atoms with Gasteiger partial charge in [-0.05, 0) is 32.0 Å². The lowest BCUT2D eigenvalue weighted by atomic mass is 10.1. The van der Waals surface area contributed by atoms with Gasteiger partial charge in [-0.2, -0.15) is 0 Å². The van der Waals surface area contributed by atoms with Crippen LogP contribution in [-0.4, -0.2) is 30.2 Å². The summed E-state index contributed by atoms with van der Waals surface area (Å²) in [6, 6.07) is 2.95. The van der Waals surface area contributed by atoms with Crippen LogP contribution in [0.25, 0.3) is 0 Å². The number of ether oxygens (including phenoxy) is 1. The molecule has 3 amide bonds. The molecule has 1 unspecified atom stereocenters. The van der Waals surface area contributed by atoms with E-state index in [0.717, 1.165) is 12.1 Å². The molecule has 2 atom stereocenters. The van der Waals surface area contributed by atoms with Crippen LogP contribution in [0.5, 0.6) is 5.75 Å². The first-order valence-corrected chi connectivity index (χ1v) is 6.02. The lowest BCUT2D eigenvalue weighted by Crippen LogP contribution is -2.44. The summed E-state index contributed by atoms with van der Waals surface area (Å²) in [4.78, 5) is 22.6. The standard InChI is InChI=1S/C13H17FN2O4/c1-7(17)10-6-9(14)4-5-11(10)20-8(2)12(18)16-13(19)15-3/h4-8,17H,1-3H3,(H2,15,16,18,19)/t7-,8?/m1/s1. The minimum absolute atomic E-state index is 0.181. The Bertz CT molecular complexity index is 505. The third kappa shape index (κ3) is 4.20. The number of halogens is 1. The second-order valence-corrected chi connectivity index (χ2v) is 4.19. The van der Waals surface area contributed by atoms with Crippen molar-refractivity contribution < 1.29 is 23.8 Å². The third-order valence-electron chi connectivity index (χ3n) is 2.56. The zero-order valence-corrected chi connectivity index (χ0v) is 11.4. The number of benzene rings is 1. The number of aliphatic hydroxyl groups excluding tert-OH is 1. The van der Waals surface area contributed by atoms with Gasteiger partial charge in [0.1, 0.15) is 11.6 Å². The molecule has 0 aromatic heterocycles. The number of hydrogen-bond acceptors (Lipinski definition) is 4. The monoisotopic (exact) mass is 284 g/mol. The summed E-state index contributed by atoms with van der Waals surface area (Å²) < 4.78 is 18.5. The first-order valence-electron chi connectivity index (χ1n) is 6.02. The number of urea groups is 1. The first-order chi connectivity index (χ1) is 9.35. The van der Waals surface area contributed by atoms with E-state index >= 15 is 0 Å². The molecular formula is C13H17FN2O4. The van der Waals surface area contributed by atoms with Crippen molar-refractivity contribution in [1.82, 2.24) is 10.6 Å². The summed E-state index contributed by atoms with van der Waals surface area (Å²) in [6.07, 6.45) is -1.93. The highest BCUT2D eigenvalue weighted by molar-refractivity contribution is 5.96. The maximum atomic E-state index is 13.1. The van der Waals surface area contributed by atoms with Gasteiger partial charge in [-0.3, -0.25) is 10.1 Å². The molecule has 0 saturated carbocycles. The highest BCUT2D eigenvalue weighted by Crippen LogP contribution is 2.26. The normalized spacial score (nSPS) is 13.2. The molecule has 7 heteroatoms. The van der Waals surface area contributed by atoms with E-state index in [1.165, 1.54) is 27.0 Å². The minimum Gasteiger partial charge on any atom is -0.480 e. The molecule has 1 rings (SSSR count). The Balaban J connectivity index is 2.82. The van der Waals surface area contributed by atoms with Gasteiger partial charge in [0.2, 0.25) is 0 Å². The average Bonchev–Trinajstić information content (AvgIpc) is 2.40. The van der Waals surface area contributed by atoms with Gasteiger partial charge < -0.3 is 15.2 Å². The molecule has 0 aliphatic rings. The number of hydrogen-bond donors (Lipinski definition) is 3. The highest BCUT2D eigenvalue weighted by atomic mass is 19.1. The van der Waals surface area contributed by atoms with Crippen LogP contribution >= 0.6 is 0 Å². The molecule has 6 nitrogen and oxygen atoms in total. The summed E-state index contributed by atoms with van der Waals surface area (Å²) in [5.41, 5.74) is 0.226. The Morgan fingerprint density at radius 3 is 2.55 bits per heavy atom. The molecule has 0 aliphatic carbocycles. The lowest BCUT2D eigenvalue weighted by Gasteiger charge is -2.18. The molecule has 0 saturated heterocycles. The minimum atomic E-state index is -0.977. The van der Waals surface area contributed by atoms with Gasteiger partial charge in [0, 0.05) is 12.6 Å². The van der Waals surface area contributed by atoms with Gasteiger partial charge in [-0.15, -0.1) is 0 Å². The van der Waals surface area contributed by atoms with Crippen molar-refractivity contribution >= 4 is 11.9 Å². The molecular weight excluding hydrogens is 267 g/mol. The van der Waals surface area contributed by atoms with Crippen LogP contribution in [0.4, 0.5) is 9.18 Å². The molecule has 0 fully saturated rings. The number of carbonyl (C=O) groups excluding carboxylic acids is 2. The summed E-state index contributed by atoms with van der Waals surface area (Å²) in [5.74, 6) is -0.984. The van der Waals surface area contributed by atoms with Crippen LogP contribution in [0.1, 0.15) is 25.5 Å². The van der Waals surface area contributed by atoms with Gasteiger partial charge in [-0.1, -0.05) is 0 Å². The van der Waals surface area contributed by atoms with E-state index in [0.29, 0.717) is 0 Å². The highest BCUT2D eigenvalue weighted by Gasteiger charge is 2.19. The zero-order valence-electron chi connectivity index (χ0n) is 11.4. The maximum absolute atomic E-state index is 13.1. The van der Waals surface area contributed by atoms with Crippen LogP contribution in [0.3, 0.4) is 0 Å². The average molecular weight is 284 g/mol. The Morgan fingerprint density at radius 1 is 1.35 bits per heavy atom. The Hall–Kier alpha value is -2.15. The number of rotatable bonds is 4. The van der Waals surface area contributed by atoms with E-state index in [-0.39, 0.29) is 11.3 Å². The Labute approximate surface area is 115 Å². The van der Waals surface area contributed by atoms with Crippen molar-refractivity contribution in [2.24, 2.45) is 0 Å². The van der Waals surface area contributed by atoms with E-state index in [9.17, 15) is 19.1 Å². The molecule has 0 aliphatic heterocycles. The number of amides is 3. The van der Waals surface area contributed by atoms with Gasteiger partial charge in [-0.25, -0.2) is 9.18 Å². The van der Waals surface area contributed by atoms with Crippen LogP contribution in [0, 0.1) is 5.82 Å². The summed E-state index contributed by atoms with van der Waals surface area (Å²) in [6.45, 7) is 2.89. The SMILES string of the molecule is CNC(=O)NC(=O)C(C)Oc1ccc(F)cc1[C@@H](C)O.